The van der Waals surface area contributed by atoms with Crippen molar-refractivity contribution in [1.82, 2.24) is 0 Å². The average Bonchev–Trinajstić information content (AvgIpc) is 3.27. The lowest BCUT2D eigenvalue weighted by Crippen LogP contribution is -2.27. The van der Waals surface area contributed by atoms with E-state index in [0.717, 1.165) is 17.3 Å². The number of nitrogens with zero attached hydrogens (tertiary/aromatic N) is 2. The lowest BCUT2D eigenvalue weighted by Gasteiger charge is -2.13. The topological polar surface area (TPSA) is 76.6 Å². The van der Waals surface area contributed by atoms with Crippen molar-refractivity contribution < 1.29 is 14.1 Å². The molecule has 144 valence electrons. The second kappa shape index (κ2) is 7.82. The summed E-state index contributed by atoms with van der Waals surface area (Å²) in [6.07, 6.45) is 1.63. The minimum absolute atomic E-state index is 0.0555. The van der Waals surface area contributed by atoms with Gasteiger partial charge in [0.2, 0.25) is 0 Å². The zero-order valence-electron chi connectivity index (χ0n) is 14.6. The SMILES string of the molecule is O=C1C(=Cc2ccc(-c3ccc(Cl)cc3)o2)SC(=S)N1c1ccc([N+](=O)[O-])cc1. The first kappa shape index (κ1) is 19.4. The molecule has 0 N–H and O–H groups in total. The van der Waals surface area contributed by atoms with Crippen LogP contribution in [-0.2, 0) is 4.79 Å². The van der Waals surface area contributed by atoms with Gasteiger partial charge in [-0.15, -0.1) is 0 Å². The summed E-state index contributed by atoms with van der Waals surface area (Å²) in [5, 5.41) is 11.4. The van der Waals surface area contributed by atoms with Gasteiger partial charge in [-0.2, -0.15) is 0 Å². The smallest absolute Gasteiger partial charge is 0.270 e. The number of nitro groups is 1. The number of benzene rings is 2. The Balaban J connectivity index is 1.58. The van der Waals surface area contributed by atoms with E-state index < -0.39 is 4.92 Å². The first-order valence-corrected chi connectivity index (χ1v) is 9.91. The number of carbonyl (C=O) groups is 1. The van der Waals surface area contributed by atoms with Crippen molar-refractivity contribution in [3.8, 4) is 11.3 Å². The summed E-state index contributed by atoms with van der Waals surface area (Å²) in [6.45, 7) is 0. The number of non-ortho nitro benzene ring substituents is 1. The summed E-state index contributed by atoms with van der Waals surface area (Å²) in [6, 6.07) is 16.5. The molecule has 1 amide bonds. The summed E-state index contributed by atoms with van der Waals surface area (Å²) in [7, 11) is 0. The first-order valence-electron chi connectivity index (χ1n) is 8.30. The van der Waals surface area contributed by atoms with Crippen LogP contribution in [0.3, 0.4) is 0 Å². The number of hydrogen-bond acceptors (Lipinski definition) is 6. The number of thiocarbonyl (C=S) groups is 1. The summed E-state index contributed by atoms with van der Waals surface area (Å²) >= 11 is 12.4. The van der Waals surface area contributed by atoms with Gasteiger partial charge in [-0.05, 0) is 48.5 Å². The molecule has 0 radical (unpaired) electrons. The van der Waals surface area contributed by atoms with Crippen molar-refractivity contribution >= 4 is 63.3 Å². The number of hydrogen-bond donors (Lipinski definition) is 0. The van der Waals surface area contributed by atoms with Crippen LogP contribution in [0.2, 0.25) is 5.02 Å². The van der Waals surface area contributed by atoms with Crippen LogP contribution < -0.4 is 4.90 Å². The Kier molecular flexibility index (Phi) is 5.23. The fourth-order valence-electron chi connectivity index (χ4n) is 2.74. The monoisotopic (exact) mass is 442 g/mol. The Morgan fingerprint density at radius 2 is 1.76 bits per heavy atom. The number of anilines is 1. The van der Waals surface area contributed by atoms with E-state index in [2.05, 4.69) is 0 Å². The highest BCUT2D eigenvalue weighted by molar-refractivity contribution is 8.27. The molecule has 6 nitrogen and oxygen atoms in total. The van der Waals surface area contributed by atoms with Crippen molar-refractivity contribution in [1.29, 1.82) is 0 Å². The van der Waals surface area contributed by atoms with Gasteiger partial charge in [0, 0.05) is 28.8 Å². The number of thioether (sulfide) groups is 1. The third kappa shape index (κ3) is 3.95. The number of nitro benzene ring substituents is 1. The number of carbonyl (C=O) groups excluding carboxylic acids is 1. The molecule has 0 bridgehead atoms. The Labute approximate surface area is 179 Å². The zero-order chi connectivity index (χ0) is 20.5. The quantitative estimate of drug-likeness (QED) is 0.216. The van der Waals surface area contributed by atoms with E-state index >= 15 is 0 Å². The molecule has 1 aliphatic rings. The lowest BCUT2D eigenvalue weighted by molar-refractivity contribution is -0.384. The van der Waals surface area contributed by atoms with Gasteiger partial charge in [-0.25, -0.2) is 0 Å². The zero-order valence-corrected chi connectivity index (χ0v) is 17.0. The van der Waals surface area contributed by atoms with Gasteiger partial charge in [0.1, 0.15) is 11.5 Å². The highest BCUT2D eigenvalue weighted by Gasteiger charge is 2.33. The molecule has 4 rings (SSSR count). The van der Waals surface area contributed by atoms with Crippen LogP contribution >= 0.6 is 35.6 Å². The van der Waals surface area contributed by atoms with Gasteiger partial charge >= 0.3 is 0 Å². The standard InChI is InChI=1S/C20H11ClN2O4S2/c21-13-3-1-12(2-4-13)17-10-9-16(27-17)11-18-19(24)22(20(28)29-18)14-5-7-15(8-6-14)23(25)26/h1-11H. The average molecular weight is 443 g/mol. The van der Waals surface area contributed by atoms with Crippen LogP contribution in [0.1, 0.15) is 5.76 Å². The Hall–Kier alpha value is -2.94. The second-order valence-electron chi connectivity index (χ2n) is 6.00. The van der Waals surface area contributed by atoms with Crippen LogP contribution in [-0.4, -0.2) is 15.2 Å². The molecule has 2 heterocycles. The Bertz CT molecular complexity index is 1150. The van der Waals surface area contributed by atoms with Crippen LogP contribution in [0.4, 0.5) is 11.4 Å². The van der Waals surface area contributed by atoms with Crippen LogP contribution in [0, 0.1) is 10.1 Å². The van der Waals surface area contributed by atoms with E-state index in [0.29, 0.717) is 31.5 Å². The highest BCUT2D eigenvalue weighted by atomic mass is 35.5. The van der Waals surface area contributed by atoms with Crippen LogP contribution in [0.25, 0.3) is 17.4 Å². The Morgan fingerprint density at radius 3 is 2.41 bits per heavy atom. The van der Waals surface area contributed by atoms with Gasteiger partial charge in [-0.3, -0.25) is 19.8 Å². The minimum Gasteiger partial charge on any atom is -0.457 e. The van der Waals surface area contributed by atoms with E-state index in [-0.39, 0.29) is 11.6 Å². The molecule has 1 fully saturated rings. The largest absolute Gasteiger partial charge is 0.457 e. The molecular formula is C20H11ClN2O4S2. The third-order valence-corrected chi connectivity index (χ3v) is 5.70. The van der Waals surface area contributed by atoms with Gasteiger partial charge in [0.25, 0.3) is 11.6 Å². The van der Waals surface area contributed by atoms with E-state index in [1.807, 2.05) is 18.2 Å². The van der Waals surface area contributed by atoms with Crippen molar-refractivity contribution in [2.75, 3.05) is 4.90 Å². The number of amides is 1. The van der Waals surface area contributed by atoms with E-state index in [1.54, 1.807) is 24.3 Å². The maximum Gasteiger partial charge on any atom is 0.270 e. The molecule has 29 heavy (non-hydrogen) atoms. The van der Waals surface area contributed by atoms with Crippen molar-refractivity contribution in [2.45, 2.75) is 0 Å². The van der Waals surface area contributed by atoms with Crippen LogP contribution in [0.15, 0.2) is 70.0 Å². The molecule has 0 saturated carbocycles. The normalized spacial score (nSPS) is 15.3. The molecule has 2 aromatic carbocycles. The summed E-state index contributed by atoms with van der Waals surface area (Å²) in [5.41, 5.74) is 1.29. The maximum atomic E-state index is 12.8. The summed E-state index contributed by atoms with van der Waals surface area (Å²) < 4.78 is 6.16. The highest BCUT2D eigenvalue weighted by Crippen LogP contribution is 2.37. The molecule has 0 unspecified atom stereocenters. The van der Waals surface area contributed by atoms with E-state index in [9.17, 15) is 14.9 Å². The predicted molar refractivity (Wildman–Crippen MR) is 118 cm³/mol. The van der Waals surface area contributed by atoms with E-state index in [4.69, 9.17) is 28.2 Å². The van der Waals surface area contributed by atoms with Crippen molar-refractivity contribution in [2.24, 2.45) is 0 Å². The molecule has 1 aliphatic heterocycles. The van der Waals surface area contributed by atoms with Crippen LogP contribution in [0.5, 0.6) is 0 Å². The van der Waals surface area contributed by atoms with Gasteiger partial charge in [-0.1, -0.05) is 35.6 Å². The van der Waals surface area contributed by atoms with Gasteiger partial charge in [0.05, 0.1) is 15.5 Å². The molecule has 3 aromatic rings. The van der Waals surface area contributed by atoms with Gasteiger partial charge in [0.15, 0.2) is 4.32 Å². The number of halogens is 1. The number of furan rings is 1. The summed E-state index contributed by atoms with van der Waals surface area (Å²) in [4.78, 5) is 24.9. The molecule has 9 heteroatoms. The van der Waals surface area contributed by atoms with Crippen molar-refractivity contribution in [3.63, 3.8) is 0 Å². The predicted octanol–water partition coefficient (Wildman–Crippen LogP) is 5.91. The maximum absolute atomic E-state index is 12.8. The molecule has 1 aromatic heterocycles. The molecule has 1 saturated heterocycles. The minimum atomic E-state index is -0.497. The van der Waals surface area contributed by atoms with Crippen molar-refractivity contribution in [3.05, 3.63) is 86.5 Å². The number of rotatable bonds is 4. The van der Waals surface area contributed by atoms with Gasteiger partial charge < -0.3 is 4.42 Å². The molecular weight excluding hydrogens is 432 g/mol. The first-order chi connectivity index (χ1) is 13.9. The fourth-order valence-corrected chi connectivity index (χ4v) is 4.15. The molecule has 0 atom stereocenters. The Morgan fingerprint density at radius 1 is 1.07 bits per heavy atom. The fraction of sp³-hybridized carbons (Fsp3) is 0. The van der Waals surface area contributed by atoms with E-state index in [1.165, 1.54) is 29.2 Å². The summed E-state index contributed by atoms with van der Waals surface area (Å²) in [5.74, 6) is 0.858. The third-order valence-electron chi connectivity index (χ3n) is 4.14. The molecule has 0 spiro atoms. The lowest BCUT2D eigenvalue weighted by atomic mass is 10.2. The second-order valence-corrected chi connectivity index (χ2v) is 8.11. The molecule has 0 aliphatic carbocycles.